The minimum atomic E-state index is -0.780. The van der Waals surface area contributed by atoms with Gasteiger partial charge in [0.2, 0.25) is 5.78 Å². The van der Waals surface area contributed by atoms with E-state index in [-0.39, 0.29) is 11.5 Å². The first-order chi connectivity index (χ1) is 15.9. The molecule has 0 aliphatic carbocycles. The van der Waals surface area contributed by atoms with E-state index in [2.05, 4.69) is 4.98 Å². The number of furan rings is 1. The van der Waals surface area contributed by atoms with Gasteiger partial charge in [0.25, 0.3) is 0 Å². The Bertz CT molecular complexity index is 1250. The Morgan fingerprint density at radius 3 is 2.15 bits per heavy atom. The van der Waals surface area contributed by atoms with E-state index >= 15 is 0 Å². The molecule has 170 valence electrons. The highest BCUT2D eigenvalue weighted by molar-refractivity contribution is 7.09. The van der Waals surface area contributed by atoms with Crippen LogP contribution in [0.1, 0.15) is 32.8 Å². The molecule has 0 aliphatic rings. The highest BCUT2D eigenvalue weighted by atomic mass is 32.1. The summed E-state index contributed by atoms with van der Waals surface area (Å²) < 4.78 is 22.4. The number of methoxy groups -OCH3 is 3. The fourth-order valence-electron chi connectivity index (χ4n) is 3.70. The van der Waals surface area contributed by atoms with Gasteiger partial charge in [-0.25, -0.2) is 4.98 Å². The Morgan fingerprint density at radius 1 is 0.939 bits per heavy atom. The van der Waals surface area contributed by atoms with Crippen LogP contribution in [0.15, 0.2) is 58.3 Å². The molecule has 0 fully saturated rings. The number of nitrogens with zero attached hydrogens (tertiary/aromatic N) is 1. The average Bonchev–Trinajstić information content (AvgIpc) is 3.50. The van der Waals surface area contributed by atoms with Crippen LogP contribution in [0, 0.1) is 13.8 Å². The van der Waals surface area contributed by atoms with Crippen molar-refractivity contribution in [2.24, 2.45) is 0 Å². The Hall–Kier alpha value is -3.42. The molecule has 2 aromatic heterocycles. The van der Waals surface area contributed by atoms with Crippen LogP contribution in [0.3, 0.4) is 0 Å². The van der Waals surface area contributed by atoms with Crippen LogP contribution < -0.4 is 9.47 Å². The number of ketones is 1. The molecule has 1 atom stereocenters. The molecule has 0 spiro atoms. The normalized spacial score (nSPS) is 11.9. The first-order valence-corrected chi connectivity index (χ1v) is 11.3. The van der Waals surface area contributed by atoms with Gasteiger partial charge in [-0.15, -0.1) is 11.3 Å². The molecule has 4 aromatic rings. The van der Waals surface area contributed by atoms with E-state index in [1.807, 2.05) is 55.6 Å². The molecule has 2 heterocycles. The zero-order chi connectivity index (χ0) is 23.5. The number of benzene rings is 2. The van der Waals surface area contributed by atoms with E-state index < -0.39 is 6.10 Å². The van der Waals surface area contributed by atoms with Crippen LogP contribution in [0.4, 0.5) is 0 Å². The Balaban J connectivity index is 1.59. The molecule has 33 heavy (non-hydrogen) atoms. The average molecular weight is 464 g/mol. The van der Waals surface area contributed by atoms with E-state index in [0.717, 1.165) is 33.0 Å². The summed E-state index contributed by atoms with van der Waals surface area (Å²) in [4.78, 5) is 17.7. The highest BCUT2D eigenvalue weighted by Gasteiger charge is 2.25. The SMILES string of the molecule is COc1cc(-c2ccc(C(=O)C(OC)c3ccc(-c4csc(C)n4)cc3)o2)cc(OC)c1C. The zero-order valence-corrected chi connectivity index (χ0v) is 20.0. The molecular weight excluding hydrogens is 438 g/mol. The first-order valence-electron chi connectivity index (χ1n) is 10.4. The third-order valence-corrected chi connectivity index (χ3v) is 6.26. The number of aryl methyl sites for hydroxylation is 1. The van der Waals surface area contributed by atoms with Gasteiger partial charge in [-0.1, -0.05) is 24.3 Å². The maximum Gasteiger partial charge on any atom is 0.231 e. The first kappa shape index (κ1) is 22.8. The topological polar surface area (TPSA) is 70.8 Å². The van der Waals surface area contributed by atoms with Gasteiger partial charge >= 0.3 is 0 Å². The largest absolute Gasteiger partial charge is 0.496 e. The fourth-order valence-corrected chi connectivity index (χ4v) is 4.32. The number of carbonyl (C=O) groups is 1. The van der Waals surface area contributed by atoms with Crippen molar-refractivity contribution in [3.8, 4) is 34.1 Å². The monoisotopic (exact) mass is 463 g/mol. The molecule has 2 aromatic carbocycles. The van der Waals surface area contributed by atoms with Gasteiger partial charge in [0.05, 0.1) is 24.9 Å². The molecule has 0 saturated carbocycles. The maximum absolute atomic E-state index is 13.2. The van der Waals surface area contributed by atoms with Crippen LogP contribution >= 0.6 is 11.3 Å². The lowest BCUT2D eigenvalue weighted by Gasteiger charge is -2.14. The number of rotatable bonds is 8. The summed E-state index contributed by atoms with van der Waals surface area (Å²) in [6.07, 6.45) is -0.780. The van der Waals surface area contributed by atoms with E-state index in [1.54, 1.807) is 37.7 Å². The Kier molecular flexibility index (Phi) is 6.62. The van der Waals surface area contributed by atoms with Crippen molar-refractivity contribution >= 4 is 17.1 Å². The van der Waals surface area contributed by atoms with Gasteiger partial charge in [0.15, 0.2) is 5.76 Å². The van der Waals surface area contributed by atoms with E-state index in [0.29, 0.717) is 17.3 Å². The molecule has 4 rings (SSSR count). The van der Waals surface area contributed by atoms with E-state index in [9.17, 15) is 4.79 Å². The summed E-state index contributed by atoms with van der Waals surface area (Å²) in [5, 5.41) is 3.03. The molecule has 1 unspecified atom stereocenters. The van der Waals surface area contributed by atoms with Crippen molar-refractivity contribution in [3.63, 3.8) is 0 Å². The highest BCUT2D eigenvalue weighted by Crippen LogP contribution is 2.36. The van der Waals surface area contributed by atoms with E-state index in [4.69, 9.17) is 18.6 Å². The predicted molar refractivity (Wildman–Crippen MR) is 128 cm³/mol. The molecule has 7 heteroatoms. The van der Waals surface area contributed by atoms with Crippen molar-refractivity contribution in [2.45, 2.75) is 20.0 Å². The van der Waals surface area contributed by atoms with Gasteiger partial charge in [-0.3, -0.25) is 4.79 Å². The van der Waals surface area contributed by atoms with Crippen LogP contribution in [0.25, 0.3) is 22.6 Å². The van der Waals surface area contributed by atoms with Crippen molar-refractivity contribution in [3.05, 3.63) is 75.8 Å². The third kappa shape index (κ3) is 4.55. The lowest BCUT2D eigenvalue weighted by Crippen LogP contribution is -2.14. The Labute approximate surface area is 196 Å². The standard InChI is InChI=1S/C26H25NO5S/c1-15-23(29-3)12-19(13-24(15)30-4)21-10-11-22(32-21)25(28)26(31-5)18-8-6-17(7-9-18)20-14-33-16(2)27-20/h6-14,26H,1-5H3. The lowest BCUT2D eigenvalue weighted by molar-refractivity contribution is 0.0577. The zero-order valence-electron chi connectivity index (χ0n) is 19.2. The summed E-state index contributed by atoms with van der Waals surface area (Å²) in [6.45, 7) is 3.89. The number of aromatic nitrogens is 1. The summed E-state index contributed by atoms with van der Waals surface area (Å²) in [7, 11) is 4.72. The maximum atomic E-state index is 13.2. The quantitative estimate of drug-likeness (QED) is 0.287. The second-order valence-electron chi connectivity index (χ2n) is 7.52. The Morgan fingerprint density at radius 2 is 1.61 bits per heavy atom. The van der Waals surface area contributed by atoms with Crippen molar-refractivity contribution in [1.29, 1.82) is 0 Å². The molecule has 0 aliphatic heterocycles. The lowest BCUT2D eigenvalue weighted by atomic mass is 10.0. The van der Waals surface area contributed by atoms with Crippen LogP contribution in [0.2, 0.25) is 0 Å². The van der Waals surface area contributed by atoms with Crippen molar-refractivity contribution in [1.82, 2.24) is 4.98 Å². The minimum absolute atomic E-state index is 0.217. The second kappa shape index (κ2) is 9.60. The number of hydrogen-bond donors (Lipinski definition) is 0. The second-order valence-corrected chi connectivity index (χ2v) is 8.59. The molecule has 0 saturated heterocycles. The number of carbonyl (C=O) groups excluding carboxylic acids is 1. The number of Topliss-reactive ketones (excluding diaryl/α,β-unsaturated/α-hetero) is 1. The minimum Gasteiger partial charge on any atom is -0.496 e. The summed E-state index contributed by atoms with van der Waals surface area (Å²) >= 11 is 1.60. The fraction of sp³-hybridized carbons (Fsp3) is 0.231. The van der Waals surface area contributed by atoms with Crippen molar-refractivity contribution in [2.75, 3.05) is 21.3 Å². The number of ether oxygens (including phenoxy) is 3. The van der Waals surface area contributed by atoms with Gasteiger partial charge < -0.3 is 18.6 Å². The third-order valence-electron chi connectivity index (χ3n) is 5.49. The van der Waals surface area contributed by atoms with Gasteiger partial charge in [0.1, 0.15) is 23.4 Å². The molecule has 0 N–H and O–H groups in total. The van der Waals surface area contributed by atoms with Crippen LogP contribution in [-0.4, -0.2) is 32.1 Å². The number of thiazole rings is 1. The summed E-state index contributed by atoms with van der Waals surface area (Å²) in [5.74, 6) is 1.86. The van der Waals surface area contributed by atoms with Gasteiger partial charge in [-0.2, -0.15) is 0 Å². The predicted octanol–water partition coefficient (Wildman–Crippen LogP) is 6.27. The van der Waals surface area contributed by atoms with Gasteiger partial charge in [-0.05, 0) is 43.7 Å². The van der Waals surface area contributed by atoms with Crippen LogP contribution in [0.5, 0.6) is 11.5 Å². The number of hydrogen-bond acceptors (Lipinski definition) is 7. The van der Waals surface area contributed by atoms with Crippen molar-refractivity contribution < 1.29 is 23.4 Å². The van der Waals surface area contributed by atoms with Crippen LogP contribution in [-0.2, 0) is 4.74 Å². The summed E-state index contributed by atoms with van der Waals surface area (Å²) in [5.41, 5.74) is 4.30. The summed E-state index contributed by atoms with van der Waals surface area (Å²) in [6, 6.07) is 14.8. The molecular formula is C26H25NO5S. The van der Waals surface area contributed by atoms with E-state index in [1.165, 1.54) is 7.11 Å². The molecule has 0 amide bonds. The van der Waals surface area contributed by atoms with Gasteiger partial charge in [0, 0.05) is 29.2 Å². The molecule has 6 nitrogen and oxygen atoms in total. The molecule has 0 bridgehead atoms. The molecule has 0 radical (unpaired) electrons. The smallest absolute Gasteiger partial charge is 0.231 e.